The van der Waals surface area contributed by atoms with Crippen LogP contribution >= 0.6 is 15.9 Å². The van der Waals surface area contributed by atoms with Crippen LogP contribution in [0.3, 0.4) is 0 Å². The molecule has 9 heteroatoms. The van der Waals surface area contributed by atoms with Gasteiger partial charge in [-0.25, -0.2) is 9.67 Å². The summed E-state index contributed by atoms with van der Waals surface area (Å²) >= 11 is 3.58. The van der Waals surface area contributed by atoms with E-state index in [-0.39, 0.29) is 0 Å². The number of rotatable bonds is 4. The zero-order valence-corrected chi connectivity index (χ0v) is 18.8. The molecule has 5 aromatic rings. The second-order valence-corrected chi connectivity index (χ2v) is 8.52. The predicted octanol–water partition coefficient (Wildman–Crippen LogP) is 4.60. The maximum atomic E-state index is 5.96. The van der Waals surface area contributed by atoms with Gasteiger partial charge in [-0.3, -0.25) is 0 Å². The summed E-state index contributed by atoms with van der Waals surface area (Å²) in [5.74, 6) is 1.68. The molecular formula is C23H19BrN6O2. The van der Waals surface area contributed by atoms with Gasteiger partial charge in [-0.1, -0.05) is 33.3 Å². The summed E-state index contributed by atoms with van der Waals surface area (Å²) in [4.78, 5) is 8.13. The summed E-state index contributed by atoms with van der Waals surface area (Å²) in [7, 11) is 1.66. The van der Waals surface area contributed by atoms with Crippen molar-refractivity contribution in [3.8, 4) is 22.8 Å². The number of hydrogen-bond donors (Lipinski definition) is 2. The Morgan fingerprint density at radius 3 is 2.91 bits per heavy atom. The summed E-state index contributed by atoms with van der Waals surface area (Å²) in [6.45, 7) is 1.88. The van der Waals surface area contributed by atoms with Crippen molar-refractivity contribution in [2.45, 2.75) is 6.54 Å². The summed E-state index contributed by atoms with van der Waals surface area (Å²) in [6, 6.07) is 13.9. The summed E-state index contributed by atoms with van der Waals surface area (Å²) in [6.07, 6.45) is 1.80. The SMILES string of the molecule is COc1ccc(Cn2nnc3c(-c4[nH]c5cc(Br)cc6c5c4NCCO6)ccnc32)cc1. The van der Waals surface area contributed by atoms with Crippen LogP contribution in [0.5, 0.6) is 11.5 Å². The van der Waals surface area contributed by atoms with Gasteiger partial charge in [0.1, 0.15) is 23.6 Å². The molecule has 0 amide bonds. The molecule has 0 fully saturated rings. The molecule has 0 atom stereocenters. The Morgan fingerprint density at radius 1 is 1.19 bits per heavy atom. The molecule has 32 heavy (non-hydrogen) atoms. The van der Waals surface area contributed by atoms with Gasteiger partial charge in [0.25, 0.3) is 0 Å². The molecule has 0 saturated heterocycles. The number of hydrogen-bond acceptors (Lipinski definition) is 6. The summed E-state index contributed by atoms with van der Waals surface area (Å²) in [5, 5.41) is 13.4. The minimum Gasteiger partial charge on any atom is -0.497 e. The Kier molecular flexibility index (Phi) is 4.50. The van der Waals surface area contributed by atoms with Crippen molar-refractivity contribution in [2.24, 2.45) is 0 Å². The molecule has 3 aromatic heterocycles. The maximum Gasteiger partial charge on any atom is 0.179 e. The lowest BCUT2D eigenvalue weighted by atomic mass is 10.1. The molecule has 0 saturated carbocycles. The van der Waals surface area contributed by atoms with E-state index in [0.29, 0.717) is 19.7 Å². The molecule has 0 bridgehead atoms. The van der Waals surface area contributed by atoms with Crippen molar-refractivity contribution in [1.82, 2.24) is 25.0 Å². The lowest BCUT2D eigenvalue weighted by molar-refractivity contribution is 0.339. The second-order valence-electron chi connectivity index (χ2n) is 7.60. The Balaban J connectivity index is 1.47. The first-order valence-corrected chi connectivity index (χ1v) is 11.0. The van der Waals surface area contributed by atoms with Crippen LogP contribution in [0, 0.1) is 0 Å². The van der Waals surface area contributed by atoms with E-state index in [1.807, 2.05) is 41.1 Å². The number of H-pyrrole nitrogens is 1. The second kappa shape index (κ2) is 7.52. The highest BCUT2D eigenvalue weighted by Crippen LogP contribution is 2.43. The van der Waals surface area contributed by atoms with Gasteiger partial charge in [-0.15, -0.1) is 5.10 Å². The number of nitrogens with one attached hydrogen (secondary N) is 2. The molecule has 8 nitrogen and oxygen atoms in total. The molecule has 160 valence electrons. The van der Waals surface area contributed by atoms with Gasteiger partial charge in [0, 0.05) is 22.8 Å². The normalized spacial score (nSPS) is 13.1. The van der Waals surface area contributed by atoms with Crippen LogP contribution in [-0.2, 0) is 6.54 Å². The minimum atomic E-state index is 0.569. The number of pyridine rings is 1. The van der Waals surface area contributed by atoms with Crippen molar-refractivity contribution in [3.63, 3.8) is 0 Å². The zero-order chi connectivity index (χ0) is 21.7. The van der Waals surface area contributed by atoms with Crippen LogP contribution < -0.4 is 14.8 Å². The third-order valence-corrected chi connectivity index (χ3v) is 6.11. The zero-order valence-electron chi connectivity index (χ0n) is 17.2. The number of aromatic amines is 1. The van der Waals surface area contributed by atoms with Crippen LogP contribution in [0.4, 0.5) is 5.69 Å². The molecule has 0 spiro atoms. The van der Waals surface area contributed by atoms with E-state index in [0.717, 1.165) is 60.5 Å². The molecule has 0 aliphatic carbocycles. The molecule has 2 N–H and O–H groups in total. The van der Waals surface area contributed by atoms with Crippen LogP contribution in [-0.4, -0.2) is 45.2 Å². The fourth-order valence-corrected chi connectivity index (χ4v) is 4.61. The minimum absolute atomic E-state index is 0.569. The Labute approximate surface area is 191 Å². The van der Waals surface area contributed by atoms with Crippen LogP contribution in [0.1, 0.15) is 5.56 Å². The highest BCUT2D eigenvalue weighted by atomic mass is 79.9. The van der Waals surface area contributed by atoms with Crippen LogP contribution in [0.25, 0.3) is 33.3 Å². The van der Waals surface area contributed by atoms with E-state index in [1.54, 1.807) is 13.3 Å². The van der Waals surface area contributed by atoms with Gasteiger partial charge in [-0.05, 0) is 35.9 Å². The van der Waals surface area contributed by atoms with Crippen molar-refractivity contribution >= 4 is 43.7 Å². The number of halogens is 1. The number of anilines is 1. The quantitative estimate of drug-likeness (QED) is 0.382. The number of benzene rings is 2. The van der Waals surface area contributed by atoms with E-state index < -0.39 is 0 Å². The van der Waals surface area contributed by atoms with Gasteiger partial charge in [-0.2, -0.15) is 0 Å². The molecule has 1 aliphatic heterocycles. The largest absolute Gasteiger partial charge is 0.497 e. The highest BCUT2D eigenvalue weighted by Gasteiger charge is 2.23. The third-order valence-electron chi connectivity index (χ3n) is 5.65. The van der Waals surface area contributed by atoms with Crippen molar-refractivity contribution in [3.05, 3.63) is 58.7 Å². The number of methoxy groups -OCH3 is 1. The van der Waals surface area contributed by atoms with Gasteiger partial charge < -0.3 is 19.8 Å². The molecule has 0 radical (unpaired) electrons. The van der Waals surface area contributed by atoms with Gasteiger partial charge in [0.2, 0.25) is 0 Å². The van der Waals surface area contributed by atoms with E-state index in [1.165, 1.54) is 0 Å². The smallest absolute Gasteiger partial charge is 0.179 e. The van der Waals surface area contributed by atoms with E-state index in [2.05, 4.69) is 47.6 Å². The average molecular weight is 491 g/mol. The first kappa shape index (κ1) is 19.1. The Bertz CT molecular complexity index is 1460. The first-order valence-electron chi connectivity index (χ1n) is 10.2. The lowest BCUT2D eigenvalue weighted by Gasteiger charge is -2.07. The lowest BCUT2D eigenvalue weighted by Crippen LogP contribution is -2.08. The maximum absolute atomic E-state index is 5.96. The monoisotopic (exact) mass is 490 g/mol. The third kappa shape index (κ3) is 3.08. The fourth-order valence-electron chi connectivity index (χ4n) is 4.17. The number of aromatic nitrogens is 5. The van der Waals surface area contributed by atoms with Crippen molar-refractivity contribution < 1.29 is 9.47 Å². The molecule has 2 aromatic carbocycles. The number of fused-ring (bicyclic) bond motifs is 1. The highest BCUT2D eigenvalue weighted by molar-refractivity contribution is 9.10. The van der Waals surface area contributed by atoms with Crippen molar-refractivity contribution in [2.75, 3.05) is 25.6 Å². The number of nitrogens with zero attached hydrogens (tertiary/aromatic N) is 4. The average Bonchev–Trinajstić information content (AvgIpc) is 3.31. The predicted molar refractivity (Wildman–Crippen MR) is 126 cm³/mol. The Morgan fingerprint density at radius 2 is 2.06 bits per heavy atom. The Hall–Kier alpha value is -3.59. The van der Waals surface area contributed by atoms with Crippen LogP contribution in [0.15, 0.2) is 53.1 Å². The van der Waals surface area contributed by atoms with Crippen molar-refractivity contribution in [1.29, 1.82) is 0 Å². The van der Waals surface area contributed by atoms with E-state index >= 15 is 0 Å². The first-order chi connectivity index (χ1) is 15.7. The van der Waals surface area contributed by atoms with E-state index in [9.17, 15) is 0 Å². The summed E-state index contributed by atoms with van der Waals surface area (Å²) < 4.78 is 14.0. The van der Waals surface area contributed by atoms with Gasteiger partial charge in [0.05, 0.1) is 35.9 Å². The molecule has 0 unspecified atom stereocenters. The van der Waals surface area contributed by atoms with Gasteiger partial charge >= 0.3 is 0 Å². The van der Waals surface area contributed by atoms with E-state index in [4.69, 9.17) is 9.47 Å². The molecule has 6 rings (SSSR count). The van der Waals surface area contributed by atoms with Gasteiger partial charge in [0.15, 0.2) is 5.65 Å². The molecular weight excluding hydrogens is 472 g/mol. The molecule has 1 aliphatic rings. The standard InChI is InChI=1S/C23H19BrN6O2/c1-31-15-4-2-13(3-5-15)12-30-23-21(28-29-30)16(6-7-26-23)20-22-19-17(27-20)10-14(24)11-18(19)32-9-8-25-22/h2-7,10-11,25,27H,8-9,12H2,1H3. The molecule has 4 heterocycles. The summed E-state index contributed by atoms with van der Waals surface area (Å²) in [5.41, 5.74) is 6.47. The van der Waals surface area contributed by atoms with Crippen LogP contribution in [0.2, 0.25) is 0 Å². The topological polar surface area (TPSA) is 89.9 Å². The number of ether oxygens (including phenoxy) is 2. The fraction of sp³-hybridized carbons (Fsp3) is 0.174.